The fourth-order valence-corrected chi connectivity index (χ4v) is 3.27. The minimum atomic E-state index is 0.319. The van der Waals surface area contributed by atoms with Crippen molar-refractivity contribution in [2.24, 2.45) is 0 Å². The van der Waals surface area contributed by atoms with E-state index in [0.717, 1.165) is 30.3 Å². The van der Waals surface area contributed by atoms with Crippen molar-refractivity contribution in [1.82, 2.24) is 5.32 Å². The molecule has 16 heavy (non-hydrogen) atoms. The molecule has 0 spiro atoms. The molecule has 1 saturated heterocycles. The molecule has 0 bridgehead atoms. The van der Waals surface area contributed by atoms with Crippen LogP contribution >= 0.6 is 22.9 Å². The maximum atomic E-state index is 6.00. The Hall–Kier alpha value is -0.0900. The van der Waals surface area contributed by atoms with E-state index in [4.69, 9.17) is 16.3 Å². The third-order valence-electron chi connectivity index (χ3n) is 2.85. The number of hydrogen-bond donors (Lipinski definition) is 1. The van der Waals surface area contributed by atoms with Crippen molar-refractivity contribution in [3.63, 3.8) is 0 Å². The molecule has 0 saturated carbocycles. The van der Waals surface area contributed by atoms with Gasteiger partial charge in [0.2, 0.25) is 0 Å². The number of ether oxygens (including phenoxy) is 1. The van der Waals surface area contributed by atoms with Crippen molar-refractivity contribution in [1.29, 1.82) is 0 Å². The first kappa shape index (κ1) is 12.4. The molecular formula is C12H18ClNOS. The van der Waals surface area contributed by atoms with Crippen LogP contribution in [-0.2, 0) is 4.74 Å². The molecule has 2 unspecified atom stereocenters. The number of hydrogen-bond acceptors (Lipinski definition) is 3. The molecule has 1 fully saturated rings. The predicted octanol–water partition coefficient (Wildman–Crippen LogP) is 3.62. The zero-order valence-electron chi connectivity index (χ0n) is 9.54. The van der Waals surface area contributed by atoms with Crippen LogP contribution in [-0.4, -0.2) is 19.3 Å². The topological polar surface area (TPSA) is 21.3 Å². The highest BCUT2D eigenvalue weighted by atomic mass is 35.5. The smallest absolute Gasteiger partial charge is 0.0931 e. The Balaban J connectivity index is 2.06. The van der Waals surface area contributed by atoms with Crippen LogP contribution in [0.2, 0.25) is 4.34 Å². The van der Waals surface area contributed by atoms with Crippen LogP contribution in [0.25, 0.3) is 0 Å². The summed E-state index contributed by atoms with van der Waals surface area (Å²) in [4.78, 5) is 1.30. The summed E-state index contributed by atoms with van der Waals surface area (Å²) in [5.74, 6) is 0. The van der Waals surface area contributed by atoms with Gasteiger partial charge in [-0.25, -0.2) is 0 Å². The second-order valence-electron chi connectivity index (χ2n) is 4.13. The second-order valence-corrected chi connectivity index (χ2v) is 5.87. The summed E-state index contributed by atoms with van der Waals surface area (Å²) in [6, 6.07) is 4.40. The minimum absolute atomic E-state index is 0.319. The summed E-state index contributed by atoms with van der Waals surface area (Å²) in [6.07, 6.45) is 3.79. The molecule has 1 aliphatic rings. The lowest BCUT2D eigenvalue weighted by molar-refractivity contribution is 0.0793. The Labute approximate surface area is 106 Å². The third-order valence-corrected chi connectivity index (χ3v) is 4.17. The first-order chi connectivity index (χ1) is 7.81. The van der Waals surface area contributed by atoms with Crippen LogP contribution in [0.3, 0.4) is 0 Å². The van der Waals surface area contributed by atoms with Crippen molar-refractivity contribution in [3.05, 3.63) is 21.3 Å². The van der Waals surface area contributed by atoms with Gasteiger partial charge in [-0.2, -0.15) is 0 Å². The van der Waals surface area contributed by atoms with Crippen molar-refractivity contribution in [3.8, 4) is 0 Å². The molecule has 1 aromatic rings. The van der Waals surface area contributed by atoms with E-state index in [-0.39, 0.29) is 0 Å². The van der Waals surface area contributed by atoms with Crippen LogP contribution in [0.1, 0.15) is 37.1 Å². The number of halogens is 1. The maximum Gasteiger partial charge on any atom is 0.0931 e. The molecule has 2 atom stereocenters. The molecular weight excluding hydrogens is 242 g/mol. The normalized spacial score (nSPS) is 22.5. The molecule has 1 aliphatic heterocycles. The number of nitrogens with one attached hydrogen (secondary N) is 1. The van der Waals surface area contributed by atoms with Gasteiger partial charge in [-0.05, 0) is 37.9 Å². The van der Waals surface area contributed by atoms with Gasteiger partial charge in [0, 0.05) is 11.5 Å². The fraction of sp³-hybridized carbons (Fsp3) is 0.667. The molecule has 4 heteroatoms. The van der Waals surface area contributed by atoms with Gasteiger partial charge >= 0.3 is 0 Å². The maximum absolute atomic E-state index is 6.00. The molecule has 2 nitrogen and oxygen atoms in total. The first-order valence-corrected chi connectivity index (χ1v) is 7.11. The lowest BCUT2D eigenvalue weighted by Gasteiger charge is -2.23. The van der Waals surface area contributed by atoms with Gasteiger partial charge in [0.1, 0.15) is 0 Å². The summed E-state index contributed by atoms with van der Waals surface area (Å²) >= 11 is 7.65. The van der Waals surface area contributed by atoms with Gasteiger partial charge in [0.25, 0.3) is 0 Å². The number of rotatable bonds is 5. The summed E-state index contributed by atoms with van der Waals surface area (Å²) in [5.41, 5.74) is 0. The van der Waals surface area contributed by atoms with Gasteiger partial charge in [-0.1, -0.05) is 18.5 Å². The molecule has 0 amide bonds. The van der Waals surface area contributed by atoms with Crippen LogP contribution in [0, 0.1) is 0 Å². The van der Waals surface area contributed by atoms with Crippen LogP contribution in [0.5, 0.6) is 0 Å². The van der Waals surface area contributed by atoms with Crippen molar-refractivity contribution < 1.29 is 4.74 Å². The van der Waals surface area contributed by atoms with Crippen LogP contribution in [0.4, 0.5) is 0 Å². The van der Waals surface area contributed by atoms with Gasteiger partial charge in [-0.15, -0.1) is 11.3 Å². The predicted molar refractivity (Wildman–Crippen MR) is 69.3 cm³/mol. The Morgan fingerprint density at radius 1 is 1.62 bits per heavy atom. The quantitative estimate of drug-likeness (QED) is 0.872. The van der Waals surface area contributed by atoms with E-state index >= 15 is 0 Å². The van der Waals surface area contributed by atoms with E-state index in [9.17, 15) is 0 Å². The molecule has 1 N–H and O–H groups in total. The van der Waals surface area contributed by atoms with Crippen LogP contribution in [0.15, 0.2) is 12.1 Å². The summed E-state index contributed by atoms with van der Waals surface area (Å²) in [5, 5.41) is 3.57. The average Bonchev–Trinajstić information content (AvgIpc) is 2.91. The highest BCUT2D eigenvalue weighted by molar-refractivity contribution is 7.16. The van der Waals surface area contributed by atoms with Gasteiger partial charge in [0.05, 0.1) is 16.5 Å². The number of thiophene rings is 1. The van der Waals surface area contributed by atoms with Crippen molar-refractivity contribution >= 4 is 22.9 Å². The fourth-order valence-electron chi connectivity index (χ4n) is 2.08. The SMILES string of the molecule is CCCNC(c1ccc(Cl)s1)C1CCCO1. The Morgan fingerprint density at radius 2 is 2.50 bits per heavy atom. The lowest BCUT2D eigenvalue weighted by atomic mass is 10.1. The van der Waals surface area contributed by atoms with Gasteiger partial charge < -0.3 is 10.1 Å². The van der Waals surface area contributed by atoms with E-state index < -0.39 is 0 Å². The van der Waals surface area contributed by atoms with E-state index in [0.29, 0.717) is 12.1 Å². The van der Waals surface area contributed by atoms with Gasteiger partial charge in [0.15, 0.2) is 0 Å². The molecule has 0 aliphatic carbocycles. The molecule has 2 rings (SSSR count). The van der Waals surface area contributed by atoms with Gasteiger partial charge in [-0.3, -0.25) is 0 Å². The van der Waals surface area contributed by atoms with Crippen molar-refractivity contribution in [2.45, 2.75) is 38.3 Å². The molecule has 1 aromatic heterocycles. The Kier molecular flexibility index (Phi) is 4.65. The molecule has 0 aromatic carbocycles. The Morgan fingerprint density at radius 3 is 3.06 bits per heavy atom. The monoisotopic (exact) mass is 259 g/mol. The van der Waals surface area contributed by atoms with E-state index in [2.05, 4.69) is 18.3 Å². The summed E-state index contributed by atoms with van der Waals surface area (Å²) in [7, 11) is 0. The van der Waals surface area contributed by atoms with E-state index in [1.54, 1.807) is 11.3 Å². The average molecular weight is 260 g/mol. The first-order valence-electron chi connectivity index (χ1n) is 5.91. The summed E-state index contributed by atoms with van der Waals surface area (Å²) < 4.78 is 6.63. The van der Waals surface area contributed by atoms with Crippen molar-refractivity contribution in [2.75, 3.05) is 13.2 Å². The Bertz CT molecular complexity index is 323. The molecule has 2 heterocycles. The standard InChI is InChI=1S/C12H18ClNOS/c1-2-7-14-12(9-4-3-8-15-9)10-5-6-11(13)16-10/h5-6,9,12,14H,2-4,7-8H2,1H3. The molecule has 90 valence electrons. The second kappa shape index (κ2) is 6.01. The highest BCUT2D eigenvalue weighted by Crippen LogP contribution is 2.33. The van der Waals surface area contributed by atoms with E-state index in [1.807, 2.05) is 6.07 Å². The van der Waals surface area contributed by atoms with E-state index in [1.165, 1.54) is 11.3 Å². The van der Waals surface area contributed by atoms with Crippen LogP contribution < -0.4 is 5.32 Å². The minimum Gasteiger partial charge on any atom is -0.376 e. The lowest BCUT2D eigenvalue weighted by Crippen LogP contribution is -2.31. The highest BCUT2D eigenvalue weighted by Gasteiger charge is 2.27. The third kappa shape index (κ3) is 2.98. The molecule has 0 radical (unpaired) electrons. The zero-order valence-corrected chi connectivity index (χ0v) is 11.1. The summed E-state index contributed by atoms with van der Waals surface area (Å²) in [6.45, 7) is 4.11. The largest absolute Gasteiger partial charge is 0.376 e. The zero-order chi connectivity index (χ0) is 11.4.